The van der Waals surface area contributed by atoms with E-state index >= 15 is 0 Å². The highest BCUT2D eigenvalue weighted by Gasteiger charge is 2.12. The maximum atomic E-state index is 11.2. The fourth-order valence-corrected chi connectivity index (χ4v) is 1.62. The van der Waals surface area contributed by atoms with Gasteiger partial charge in [-0.1, -0.05) is 6.92 Å². The third-order valence-corrected chi connectivity index (χ3v) is 2.89. The molecule has 2 aromatic rings. The molecule has 0 bridgehead atoms. The summed E-state index contributed by atoms with van der Waals surface area (Å²) in [6, 6.07) is 5.14. The van der Waals surface area contributed by atoms with Crippen LogP contribution in [0.25, 0.3) is 11.4 Å². The number of aromatic nitrogens is 3. The second kappa shape index (κ2) is 6.10. The van der Waals surface area contributed by atoms with Gasteiger partial charge in [-0.05, 0) is 25.5 Å². The summed E-state index contributed by atoms with van der Waals surface area (Å²) in [6.45, 7) is 4.05. The van der Waals surface area contributed by atoms with Crippen LogP contribution < -0.4 is 5.32 Å². The van der Waals surface area contributed by atoms with Crippen LogP contribution in [-0.4, -0.2) is 32.1 Å². The SMILES string of the molecule is CCC(C)Nc1cc(C(=O)O)nc(-c2ccncc2)n1. The highest BCUT2D eigenvalue weighted by molar-refractivity contribution is 5.87. The summed E-state index contributed by atoms with van der Waals surface area (Å²) >= 11 is 0. The lowest BCUT2D eigenvalue weighted by atomic mass is 10.2. The van der Waals surface area contributed by atoms with Crippen LogP contribution in [0.1, 0.15) is 30.8 Å². The summed E-state index contributed by atoms with van der Waals surface area (Å²) in [5, 5.41) is 12.3. The summed E-state index contributed by atoms with van der Waals surface area (Å²) in [5.74, 6) is -0.188. The highest BCUT2D eigenvalue weighted by atomic mass is 16.4. The number of aromatic carboxylic acids is 1. The van der Waals surface area contributed by atoms with Crippen molar-refractivity contribution in [3.63, 3.8) is 0 Å². The molecule has 20 heavy (non-hydrogen) atoms. The van der Waals surface area contributed by atoms with Crippen molar-refractivity contribution in [3.05, 3.63) is 36.3 Å². The largest absolute Gasteiger partial charge is 0.477 e. The summed E-state index contributed by atoms with van der Waals surface area (Å²) < 4.78 is 0. The molecule has 1 atom stereocenters. The normalized spacial score (nSPS) is 11.9. The lowest BCUT2D eigenvalue weighted by Gasteiger charge is -2.13. The number of hydrogen-bond acceptors (Lipinski definition) is 5. The van der Waals surface area contributed by atoms with Crippen molar-refractivity contribution in [2.45, 2.75) is 26.3 Å². The fourth-order valence-electron chi connectivity index (χ4n) is 1.62. The third kappa shape index (κ3) is 3.28. The van der Waals surface area contributed by atoms with E-state index in [1.54, 1.807) is 24.5 Å². The fraction of sp³-hybridized carbons (Fsp3) is 0.286. The minimum absolute atomic E-state index is 0.0300. The summed E-state index contributed by atoms with van der Waals surface area (Å²) in [7, 11) is 0. The number of nitrogens with zero attached hydrogens (tertiary/aromatic N) is 3. The molecule has 0 amide bonds. The standard InChI is InChI=1S/C14H16N4O2/c1-3-9(2)16-12-8-11(14(19)20)17-13(18-12)10-4-6-15-7-5-10/h4-9H,3H2,1-2H3,(H,19,20)(H,16,17,18). The number of carboxylic acids is 1. The van der Waals surface area contributed by atoms with Crippen molar-refractivity contribution in [1.82, 2.24) is 15.0 Å². The van der Waals surface area contributed by atoms with Gasteiger partial charge >= 0.3 is 5.97 Å². The van der Waals surface area contributed by atoms with Crippen molar-refractivity contribution in [1.29, 1.82) is 0 Å². The van der Waals surface area contributed by atoms with Gasteiger partial charge in [-0.15, -0.1) is 0 Å². The Morgan fingerprint density at radius 1 is 1.35 bits per heavy atom. The van der Waals surface area contributed by atoms with Gasteiger partial charge in [-0.25, -0.2) is 14.8 Å². The average Bonchev–Trinajstić information content (AvgIpc) is 2.47. The Morgan fingerprint density at radius 3 is 2.65 bits per heavy atom. The summed E-state index contributed by atoms with van der Waals surface area (Å²) in [6.07, 6.45) is 4.15. The molecule has 0 aliphatic heterocycles. The second-order valence-electron chi connectivity index (χ2n) is 4.46. The zero-order valence-electron chi connectivity index (χ0n) is 11.4. The molecule has 2 N–H and O–H groups in total. The quantitative estimate of drug-likeness (QED) is 0.869. The van der Waals surface area contributed by atoms with Crippen molar-refractivity contribution in [2.75, 3.05) is 5.32 Å². The number of hydrogen-bond donors (Lipinski definition) is 2. The van der Waals surface area contributed by atoms with Crippen LogP contribution in [0, 0.1) is 0 Å². The number of nitrogens with one attached hydrogen (secondary N) is 1. The first-order valence-electron chi connectivity index (χ1n) is 6.39. The van der Waals surface area contributed by atoms with E-state index in [0.717, 1.165) is 12.0 Å². The van der Waals surface area contributed by atoms with Crippen molar-refractivity contribution < 1.29 is 9.90 Å². The van der Waals surface area contributed by atoms with Crippen LogP contribution in [-0.2, 0) is 0 Å². The first-order chi connectivity index (χ1) is 9.60. The Kier molecular flexibility index (Phi) is 4.24. The van der Waals surface area contributed by atoms with Gasteiger partial charge in [0.05, 0.1) is 0 Å². The Morgan fingerprint density at radius 2 is 2.05 bits per heavy atom. The molecule has 0 aromatic carbocycles. The molecule has 0 radical (unpaired) electrons. The summed E-state index contributed by atoms with van der Waals surface area (Å²) in [5.41, 5.74) is 0.702. The van der Waals surface area contributed by atoms with E-state index in [4.69, 9.17) is 5.11 Å². The molecule has 0 fully saturated rings. The zero-order chi connectivity index (χ0) is 14.5. The Balaban J connectivity index is 2.44. The lowest BCUT2D eigenvalue weighted by Crippen LogP contribution is -2.16. The molecule has 0 aliphatic carbocycles. The Bertz CT molecular complexity index is 601. The van der Waals surface area contributed by atoms with E-state index in [0.29, 0.717) is 11.6 Å². The van der Waals surface area contributed by atoms with Crippen LogP contribution in [0.2, 0.25) is 0 Å². The maximum absolute atomic E-state index is 11.2. The van der Waals surface area contributed by atoms with Crippen LogP contribution in [0.15, 0.2) is 30.6 Å². The molecule has 0 spiro atoms. The van der Waals surface area contributed by atoms with Crippen LogP contribution in [0.4, 0.5) is 5.82 Å². The van der Waals surface area contributed by atoms with Gasteiger partial charge in [0.25, 0.3) is 0 Å². The molecule has 0 saturated heterocycles. The van der Waals surface area contributed by atoms with Gasteiger partial charge in [0.15, 0.2) is 11.5 Å². The predicted octanol–water partition coefficient (Wildman–Crippen LogP) is 2.45. The van der Waals surface area contributed by atoms with Crippen molar-refractivity contribution >= 4 is 11.8 Å². The molecule has 2 rings (SSSR count). The van der Waals surface area contributed by atoms with Crippen LogP contribution >= 0.6 is 0 Å². The molecule has 2 aromatic heterocycles. The Hall–Kier alpha value is -2.50. The molecule has 0 saturated carbocycles. The van der Waals surface area contributed by atoms with E-state index < -0.39 is 5.97 Å². The topological polar surface area (TPSA) is 88.0 Å². The molecule has 2 heterocycles. The van der Waals surface area contributed by atoms with Gasteiger partial charge in [-0.2, -0.15) is 0 Å². The minimum Gasteiger partial charge on any atom is -0.477 e. The van der Waals surface area contributed by atoms with E-state index in [-0.39, 0.29) is 11.7 Å². The Labute approximate surface area is 116 Å². The number of rotatable bonds is 5. The van der Waals surface area contributed by atoms with E-state index in [1.165, 1.54) is 6.07 Å². The average molecular weight is 272 g/mol. The molecular weight excluding hydrogens is 256 g/mol. The molecule has 104 valence electrons. The summed E-state index contributed by atoms with van der Waals surface area (Å²) in [4.78, 5) is 23.5. The number of carbonyl (C=O) groups is 1. The number of carboxylic acid groups (broad SMARTS) is 1. The van der Waals surface area contributed by atoms with Gasteiger partial charge in [-0.3, -0.25) is 4.98 Å². The maximum Gasteiger partial charge on any atom is 0.354 e. The van der Waals surface area contributed by atoms with E-state index in [2.05, 4.69) is 20.3 Å². The van der Waals surface area contributed by atoms with Gasteiger partial charge < -0.3 is 10.4 Å². The van der Waals surface area contributed by atoms with Gasteiger partial charge in [0.1, 0.15) is 5.82 Å². The van der Waals surface area contributed by atoms with E-state index in [1.807, 2.05) is 13.8 Å². The molecule has 1 unspecified atom stereocenters. The first kappa shape index (κ1) is 13.9. The zero-order valence-corrected chi connectivity index (χ0v) is 11.4. The number of pyridine rings is 1. The van der Waals surface area contributed by atoms with Crippen LogP contribution in [0.3, 0.4) is 0 Å². The third-order valence-electron chi connectivity index (χ3n) is 2.89. The first-order valence-corrected chi connectivity index (χ1v) is 6.39. The van der Waals surface area contributed by atoms with E-state index in [9.17, 15) is 4.79 Å². The lowest BCUT2D eigenvalue weighted by molar-refractivity contribution is 0.0690. The molecule has 6 heteroatoms. The van der Waals surface area contributed by atoms with Gasteiger partial charge in [0, 0.05) is 30.1 Å². The molecule has 0 aliphatic rings. The van der Waals surface area contributed by atoms with Crippen molar-refractivity contribution in [2.24, 2.45) is 0 Å². The van der Waals surface area contributed by atoms with Crippen LogP contribution in [0.5, 0.6) is 0 Å². The monoisotopic (exact) mass is 272 g/mol. The number of anilines is 1. The smallest absolute Gasteiger partial charge is 0.354 e. The highest BCUT2D eigenvalue weighted by Crippen LogP contribution is 2.18. The predicted molar refractivity (Wildman–Crippen MR) is 75.6 cm³/mol. The van der Waals surface area contributed by atoms with Gasteiger partial charge in [0.2, 0.25) is 0 Å². The molecule has 6 nitrogen and oxygen atoms in total. The minimum atomic E-state index is -1.07. The second-order valence-corrected chi connectivity index (χ2v) is 4.46. The van der Waals surface area contributed by atoms with Crippen molar-refractivity contribution in [3.8, 4) is 11.4 Å². The molecular formula is C14H16N4O2.